The molecule has 1 atom stereocenters. The maximum absolute atomic E-state index is 11.6. The molecule has 26 heavy (non-hydrogen) atoms. The van der Waals surface area contributed by atoms with Crippen LogP contribution in [0.25, 0.3) is 10.8 Å². The lowest BCUT2D eigenvalue weighted by Gasteiger charge is -2.16. The van der Waals surface area contributed by atoms with Crippen molar-refractivity contribution in [2.45, 2.75) is 25.8 Å². The highest BCUT2D eigenvalue weighted by atomic mass is 127. The molecule has 0 spiro atoms. The zero-order chi connectivity index (χ0) is 17.7. The van der Waals surface area contributed by atoms with E-state index < -0.39 is 9.84 Å². The molecule has 0 amide bonds. The summed E-state index contributed by atoms with van der Waals surface area (Å²) in [5.74, 6) is 1.16. The van der Waals surface area contributed by atoms with Crippen LogP contribution in [0.5, 0.6) is 0 Å². The van der Waals surface area contributed by atoms with Crippen molar-refractivity contribution in [3.63, 3.8) is 0 Å². The van der Waals surface area contributed by atoms with E-state index in [1.807, 2.05) is 13.0 Å². The van der Waals surface area contributed by atoms with Crippen LogP contribution >= 0.6 is 24.0 Å². The van der Waals surface area contributed by atoms with Crippen LogP contribution in [0.3, 0.4) is 0 Å². The number of aliphatic imine (C=N–C) groups is 1. The Hall–Kier alpha value is -1.35. The first kappa shape index (κ1) is 21.0. The molecule has 2 N–H and O–H groups in total. The summed E-state index contributed by atoms with van der Waals surface area (Å²) in [7, 11) is -2.89. The van der Waals surface area contributed by atoms with Crippen LogP contribution in [-0.2, 0) is 16.3 Å². The van der Waals surface area contributed by atoms with Gasteiger partial charge in [0.15, 0.2) is 15.8 Å². The second kappa shape index (κ2) is 9.55. The van der Waals surface area contributed by atoms with Crippen LogP contribution < -0.4 is 10.6 Å². The van der Waals surface area contributed by atoms with Gasteiger partial charge in [0.05, 0.1) is 11.5 Å². The SMILES string of the molecule is CCNC(=NCCc1cccc2ccccc12)NC1CCS(=O)(=O)C1.I. The number of halogens is 1. The van der Waals surface area contributed by atoms with Crippen molar-refractivity contribution in [2.24, 2.45) is 4.99 Å². The Kier molecular flexibility index (Phi) is 7.69. The number of fused-ring (bicyclic) bond motifs is 1. The monoisotopic (exact) mass is 487 g/mol. The quantitative estimate of drug-likeness (QED) is 0.387. The molecule has 2 aromatic carbocycles. The van der Waals surface area contributed by atoms with E-state index in [1.165, 1.54) is 16.3 Å². The predicted octanol–water partition coefficient (Wildman–Crippen LogP) is 2.74. The third kappa shape index (κ3) is 5.57. The topological polar surface area (TPSA) is 70.6 Å². The lowest BCUT2D eigenvalue weighted by molar-refractivity contribution is 0.599. The molecule has 0 radical (unpaired) electrons. The van der Waals surface area contributed by atoms with E-state index in [9.17, 15) is 8.42 Å². The molecule has 1 unspecified atom stereocenters. The molecule has 5 nitrogen and oxygen atoms in total. The summed E-state index contributed by atoms with van der Waals surface area (Å²) in [5, 5.41) is 8.96. The highest BCUT2D eigenvalue weighted by molar-refractivity contribution is 14.0. The molecule has 1 heterocycles. The number of nitrogens with zero attached hydrogens (tertiary/aromatic N) is 1. The molecular formula is C19H26IN3O2S. The van der Waals surface area contributed by atoms with Crippen molar-refractivity contribution in [3.8, 4) is 0 Å². The highest BCUT2D eigenvalue weighted by Crippen LogP contribution is 2.18. The van der Waals surface area contributed by atoms with Gasteiger partial charge in [0.1, 0.15) is 0 Å². The van der Waals surface area contributed by atoms with Crippen molar-refractivity contribution in [3.05, 3.63) is 48.0 Å². The fourth-order valence-corrected chi connectivity index (χ4v) is 4.89. The zero-order valence-electron chi connectivity index (χ0n) is 14.9. The van der Waals surface area contributed by atoms with Crippen LogP contribution in [0.4, 0.5) is 0 Å². The van der Waals surface area contributed by atoms with E-state index in [1.54, 1.807) is 0 Å². The number of nitrogens with one attached hydrogen (secondary N) is 2. The molecule has 1 aliphatic rings. The van der Waals surface area contributed by atoms with Gasteiger partial charge in [-0.1, -0.05) is 42.5 Å². The van der Waals surface area contributed by atoms with E-state index in [0.29, 0.717) is 18.9 Å². The number of sulfone groups is 1. The molecule has 1 fully saturated rings. The summed E-state index contributed by atoms with van der Waals surface area (Å²) in [6.07, 6.45) is 1.50. The van der Waals surface area contributed by atoms with Gasteiger partial charge in [-0.2, -0.15) is 0 Å². The van der Waals surface area contributed by atoms with Gasteiger partial charge in [-0.05, 0) is 36.1 Å². The molecule has 3 rings (SSSR count). The first-order valence-electron chi connectivity index (χ1n) is 8.79. The molecule has 1 aliphatic heterocycles. The van der Waals surface area contributed by atoms with Crippen LogP contribution in [-0.4, -0.2) is 45.0 Å². The van der Waals surface area contributed by atoms with Crippen molar-refractivity contribution in [1.82, 2.24) is 10.6 Å². The third-order valence-corrected chi connectivity index (χ3v) is 6.22. The zero-order valence-corrected chi connectivity index (χ0v) is 18.1. The van der Waals surface area contributed by atoms with Gasteiger partial charge in [-0.15, -0.1) is 24.0 Å². The van der Waals surface area contributed by atoms with Crippen LogP contribution in [0, 0.1) is 0 Å². The van der Waals surface area contributed by atoms with E-state index in [-0.39, 0.29) is 41.5 Å². The van der Waals surface area contributed by atoms with Gasteiger partial charge in [0.2, 0.25) is 0 Å². The largest absolute Gasteiger partial charge is 0.357 e. The normalized spacial score (nSPS) is 19.1. The van der Waals surface area contributed by atoms with Gasteiger partial charge >= 0.3 is 0 Å². The summed E-state index contributed by atoms with van der Waals surface area (Å²) in [5.41, 5.74) is 1.28. The van der Waals surface area contributed by atoms with Crippen molar-refractivity contribution in [1.29, 1.82) is 0 Å². The van der Waals surface area contributed by atoms with Gasteiger partial charge < -0.3 is 10.6 Å². The van der Waals surface area contributed by atoms with E-state index in [0.717, 1.165) is 13.0 Å². The molecular weight excluding hydrogens is 461 g/mol. The third-order valence-electron chi connectivity index (χ3n) is 4.45. The summed E-state index contributed by atoms with van der Waals surface area (Å²) in [4.78, 5) is 4.63. The number of guanidine groups is 1. The number of hydrogen-bond donors (Lipinski definition) is 2. The maximum atomic E-state index is 11.6. The van der Waals surface area contributed by atoms with Crippen molar-refractivity contribution < 1.29 is 8.42 Å². The Bertz CT molecular complexity index is 863. The summed E-state index contributed by atoms with van der Waals surface area (Å²) < 4.78 is 23.2. The van der Waals surface area contributed by atoms with Crippen molar-refractivity contribution >= 4 is 50.5 Å². The lowest BCUT2D eigenvalue weighted by atomic mass is 10.0. The Morgan fingerprint density at radius 1 is 1.19 bits per heavy atom. The minimum Gasteiger partial charge on any atom is -0.357 e. The molecule has 2 aromatic rings. The molecule has 0 aromatic heterocycles. The van der Waals surface area contributed by atoms with Crippen LogP contribution in [0.1, 0.15) is 18.9 Å². The minimum absolute atomic E-state index is 0. The Morgan fingerprint density at radius 3 is 2.69 bits per heavy atom. The Labute approximate surface area is 172 Å². The molecule has 0 aliphatic carbocycles. The standard InChI is InChI=1S/C19H25N3O2S.HI/c1-2-20-19(22-17-11-13-25(23,24)14-17)21-12-10-16-8-5-7-15-6-3-4-9-18(15)16;/h3-9,17H,2,10-14H2,1H3,(H2,20,21,22);1H. The lowest BCUT2D eigenvalue weighted by Crippen LogP contribution is -2.44. The van der Waals surface area contributed by atoms with Crippen LogP contribution in [0.2, 0.25) is 0 Å². The highest BCUT2D eigenvalue weighted by Gasteiger charge is 2.28. The van der Waals surface area contributed by atoms with Gasteiger partial charge in [0.25, 0.3) is 0 Å². The minimum atomic E-state index is -2.89. The summed E-state index contributed by atoms with van der Waals surface area (Å²) in [6, 6.07) is 14.7. The van der Waals surface area contributed by atoms with Gasteiger partial charge in [0, 0.05) is 19.1 Å². The number of hydrogen-bond acceptors (Lipinski definition) is 3. The predicted molar refractivity (Wildman–Crippen MR) is 119 cm³/mol. The van der Waals surface area contributed by atoms with Gasteiger partial charge in [-0.25, -0.2) is 8.42 Å². The molecule has 7 heteroatoms. The molecule has 0 saturated carbocycles. The molecule has 142 valence electrons. The summed E-state index contributed by atoms with van der Waals surface area (Å²) >= 11 is 0. The average molecular weight is 487 g/mol. The smallest absolute Gasteiger partial charge is 0.191 e. The van der Waals surface area contributed by atoms with Crippen molar-refractivity contribution in [2.75, 3.05) is 24.6 Å². The fraction of sp³-hybridized carbons (Fsp3) is 0.421. The molecule has 1 saturated heterocycles. The first-order valence-corrected chi connectivity index (χ1v) is 10.6. The number of benzene rings is 2. The second-order valence-electron chi connectivity index (χ2n) is 6.39. The average Bonchev–Trinajstić information content (AvgIpc) is 2.94. The molecule has 0 bridgehead atoms. The number of rotatable bonds is 5. The van der Waals surface area contributed by atoms with E-state index in [2.05, 4.69) is 52.0 Å². The van der Waals surface area contributed by atoms with Crippen LogP contribution in [0.15, 0.2) is 47.5 Å². The van der Waals surface area contributed by atoms with E-state index in [4.69, 9.17) is 0 Å². The first-order chi connectivity index (χ1) is 12.1. The Morgan fingerprint density at radius 2 is 1.96 bits per heavy atom. The fourth-order valence-electron chi connectivity index (χ4n) is 3.22. The Balaban J connectivity index is 0.00000243. The van der Waals surface area contributed by atoms with E-state index >= 15 is 0 Å². The van der Waals surface area contributed by atoms with Gasteiger partial charge in [-0.3, -0.25) is 4.99 Å². The second-order valence-corrected chi connectivity index (χ2v) is 8.62. The maximum Gasteiger partial charge on any atom is 0.191 e. The summed E-state index contributed by atoms with van der Waals surface area (Å²) in [6.45, 7) is 3.41.